The average molecular weight is 170 g/mol. The van der Waals surface area contributed by atoms with E-state index >= 15 is 0 Å². The predicted octanol–water partition coefficient (Wildman–Crippen LogP) is 2.12. The Labute approximate surface area is 69.8 Å². The van der Waals surface area contributed by atoms with Crippen molar-refractivity contribution in [1.29, 1.82) is 0 Å². The van der Waals surface area contributed by atoms with Crippen molar-refractivity contribution >= 4 is 17.3 Å². The fourth-order valence-electron chi connectivity index (χ4n) is 0.735. The number of hydrogen-bond acceptors (Lipinski definition) is 3. The normalized spacial score (nSPS) is 9.64. The summed E-state index contributed by atoms with van der Waals surface area (Å²) in [6.45, 7) is 3.86. The van der Waals surface area contributed by atoms with Gasteiger partial charge in [0.2, 0.25) is 0 Å². The minimum Gasteiger partial charge on any atom is -0.460 e. The van der Waals surface area contributed by atoms with Crippen LogP contribution in [0, 0.1) is 6.92 Å². The molecule has 0 aliphatic rings. The van der Waals surface area contributed by atoms with E-state index in [4.69, 9.17) is 4.74 Å². The van der Waals surface area contributed by atoms with Gasteiger partial charge in [-0.3, -0.25) is 4.79 Å². The smallest absolute Gasteiger partial charge is 0.302 e. The Hall–Kier alpha value is -0.830. The number of ether oxygens (including phenoxy) is 1. The van der Waals surface area contributed by atoms with Crippen molar-refractivity contribution < 1.29 is 9.53 Å². The Kier molecular flexibility index (Phi) is 2.65. The third kappa shape index (κ3) is 2.72. The van der Waals surface area contributed by atoms with Crippen LogP contribution in [0.15, 0.2) is 12.1 Å². The Morgan fingerprint density at radius 1 is 1.64 bits per heavy atom. The molecule has 0 amide bonds. The zero-order valence-corrected chi connectivity index (χ0v) is 7.40. The highest BCUT2D eigenvalue weighted by Crippen LogP contribution is 2.15. The number of rotatable bonds is 2. The van der Waals surface area contributed by atoms with Crippen molar-refractivity contribution in [2.75, 3.05) is 0 Å². The predicted molar refractivity (Wildman–Crippen MR) is 44.5 cm³/mol. The number of esters is 1. The highest BCUT2D eigenvalue weighted by Gasteiger charge is 1.97. The van der Waals surface area contributed by atoms with Crippen LogP contribution in [-0.4, -0.2) is 5.97 Å². The van der Waals surface area contributed by atoms with Crippen molar-refractivity contribution in [3.8, 4) is 0 Å². The van der Waals surface area contributed by atoms with E-state index in [1.807, 2.05) is 19.1 Å². The molecular formula is C8H10O2S. The van der Waals surface area contributed by atoms with Gasteiger partial charge in [0.25, 0.3) is 0 Å². The number of carbonyl (C=O) groups excluding carboxylic acids is 1. The molecule has 0 spiro atoms. The molecular weight excluding hydrogens is 160 g/mol. The van der Waals surface area contributed by atoms with Crippen molar-refractivity contribution in [2.24, 2.45) is 0 Å². The first-order valence-corrected chi connectivity index (χ1v) is 4.19. The third-order valence-corrected chi connectivity index (χ3v) is 2.19. The minimum absolute atomic E-state index is 0.226. The van der Waals surface area contributed by atoms with Crippen LogP contribution in [-0.2, 0) is 16.1 Å². The molecule has 0 aromatic carbocycles. The Balaban J connectivity index is 2.45. The van der Waals surface area contributed by atoms with Crippen LogP contribution in [0.3, 0.4) is 0 Å². The molecule has 0 saturated carbocycles. The van der Waals surface area contributed by atoms with Crippen LogP contribution in [0.1, 0.15) is 16.7 Å². The summed E-state index contributed by atoms with van der Waals surface area (Å²) in [4.78, 5) is 12.7. The number of thiophene rings is 1. The summed E-state index contributed by atoms with van der Waals surface area (Å²) >= 11 is 1.65. The Morgan fingerprint density at radius 3 is 2.82 bits per heavy atom. The van der Waals surface area contributed by atoms with Gasteiger partial charge in [-0.05, 0) is 19.1 Å². The molecule has 2 nitrogen and oxygen atoms in total. The number of aryl methyl sites for hydroxylation is 1. The second-order valence-electron chi connectivity index (χ2n) is 2.29. The van der Waals surface area contributed by atoms with Gasteiger partial charge < -0.3 is 4.74 Å². The van der Waals surface area contributed by atoms with Crippen LogP contribution in [0.4, 0.5) is 0 Å². The van der Waals surface area contributed by atoms with Crippen LogP contribution >= 0.6 is 11.3 Å². The molecule has 0 fully saturated rings. The summed E-state index contributed by atoms with van der Waals surface area (Å²) in [6.07, 6.45) is 0. The van der Waals surface area contributed by atoms with Gasteiger partial charge in [0.15, 0.2) is 0 Å². The molecule has 0 radical (unpaired) electrons. The van der Waals surface area contributed by atoms with E-state index in [0.29, 0.717) is 6.61 Å². The molecule has 0 saturated heterocycles. The summed E-state index contributed by atoms with van der Waals surface area (Å²) in [5, 5.41) is 0. The van der Waals surface area contributed by atoms with E-state index in [0.717, 1.165) is 4.88 Å². The first kappa shape index (κ1) is 8.27. The zero-order valence-electron chi connectivity index (χ0n) is 6.59. The molecule has 1 rings (SSSR count). The Morgan fingerprint density at radius 2 is 2.36 bits per heavy atom. The van der Waals surface area contributed by atoms with E-state index < -0.39 is 0 Å². The van der Waals surface area contributed by atoms with E-state index in [9.17, 15) is 4.79 Å². The molecule has 0 atom stereocenters. The molecule has 60 valence electrons. The first-order valence-electron chi connectivity index (χ1n) is 3.37. The fourth-order valence-corrected chi connectivity index (χ4v) is 1.54. The second kappa shape index (κ2) is 3.53. The van der Waals surface area contributed by atoms with Crippen LogP contribution in [0.25, 0.3) is 0 Å². The Bertz CT molecular complexity index is 252. The maximum Gasteiger partial charge on any atom is 0.302 e. The van der Waals surface area contributed by atoms with Gasteiger partial charge >= 0.3 is 5.97 Å². The third-order valence-electron chi connectivity index (χ3n) is 1.21. The van der Waals surface area contributed by atoms with Crippen molar-refractivity contribution in [3.05, 3.63) is 21.9 Å². The zero-order chi connectivity index (χ0) is 8.27. The lowest BCUT2D eigenvalue weighted by atomic mass is 10.4. The number of hydrogen-bond donors (Lipinski definition) is 0. The summed E-state index contributed by atoms with van der Waals surface area (Å²) in [7, 11) is 0. The molecule has 0 unspecified atom stereocenters. The summed E-state index contributed by atoms with van der Waals surface area (Å²) in [6, 6.07) is 3.99. The van der Waals surface area contributed by atoms with Gasteiger partial charge in [0.1, 0.15) is 6.61 Å². The standard InChI is InChI=1S/C8H10O2S/c1-6-3-4-8(11-6)5-10-7(2)9/h3-4H,5H2,1-2H3. The number of carbonyl (C=O) groups is 1. The highest BCUT2D eigenvalue weighted by atomic mass is 32.1. The molecule has 1 aromatic heterocycles. The average Bonchev–Trinajstić information content (AvgIpc) is 2.31. The first-order chi connectivity index (χ1) is 5.18. The van der Waals surface area contributed by atoms with Gasteiger partial charge in [-0.1, -0.05) is 0 Å². The van der Waals surface area contributed by atoms with E-state index in [1.54, 1.807) is 11.3 Å². The molecule has 1 aromatic rings. The molecule has 0 N–H and O–H groups in total. The molecule has 3 heteroatoms. The monoisotopic (exact) mass is 170 g/mol. The SMILES string of the molecule is CC(=O)OCc1ccc(C)s1. The molecule has 0 aliphatic heterocycles. The maximum atomic E-state index is 10.4. The summed E-state index contributed by atoms with van der Waals surface area (Å²) < 4.78 is 4.81. The van der Waals surface area contributed by atoms with Gasteiger partial charge in [-0.25, -0.2) is 0 Å². The fraction of sp³-hybridized carbons (Fsp3) is 0.375. The molecule has 1 heterocycles. The largest absolute Gasteiger partial charge is 0.460 e. The van der Waals surface area contributed by atoms with Gasteiger partial charge in [-0.2, -0.15) is 0 Å². The van der Waals surface area contributed by atoms with Crippen LogP contribution < -0.4 is 0 Å². The highest BCUT2D eigenvalue weighted by molar-refractivity contribution is 7.11. The quantitative estimate of drug-likeness (QED) is 0.635. The van der Waals surface area contributed by atoms with Crippen molar-refractivity contribution in [3.63, 3.8) is 0 Å². The van der Waals surface area contributed by atoms with Gasteiger partial charge in [0, 0.05) is 16.7 Å². The lowest BCUT2D eigenvalue weighted by Gasteiger charge is -1.96. The van der Waals surface area contributed by atoms with E-state index in [1.165, 1.54) is 11.8 Å². The lowest BCUT2D eigenvalue weighted by molar-refractivity contribution is -0.142. The van der Waals surface area contributed by atoms with E-state index in [2.05, 4.69) is 0 Å². The van der Waals surface area contributed by atoms with E-state index in [-0.39, 0.29) is 5.97 Å². The van der Waals surface area contributed by atoms with Gasteiger partial charge in [0.05, 0.1) is 0 Å². The van der Waals surface area contributed by atoms with Crippen LogP contribution in [0.5, 0.6) is 0 Å². The molecule has 11 heavy (non-hydrogen) atoms. The topological polar surface area (TPSA) is 26.3 Å². The lowest BCUT2D eigenvalue weighted by Crippen LogP contribution is -1.96. The summed E-state index contributed by atoms with van der Waals surface area (Å²) in [5.41, 5.74) is 0. The molecule has 0 aliphatic carbocycles. The van der Waals surface area contributed by atoms with Crippen LogP contribution in [0.2, 0.25) is 0 Å². The maximum absolute atomic E-state index is 10.4. The molecule has 0 bridgehead atoms. The summed E-state index contributed by atoms with van der Waals surface area (Å²) in [5.74, 6) is -0.226. The second-order valence-corrected chi connectivity index (χ2v) is 3.67. The van der Waals surface area contributed by atoms with Gasteiger partial charge in [-0.15, -0.1) is 11.3 Å². The minimum atomic E-state index is -0.226. The van der Waals surface area contributed by atoms with Crippen molar-refractivity contribution in [2.45, 2.75) is 20.5 Å². The van der Waals surface area contributed by atoms with Crippen molar-refractivity contribution in [1.82, 2.24) is 0 Å².